The number of carbonyl (C=O) groups is 2. The van der Waals surface area contributed by atoms with E-state index in [2.05, 4.69) is 16.2 Å². The molecule has 0 aliphatic carbocycles. The number of nitriles is 1. The van der Waals surface area contributed by atoms with Crippen molar-refractivity contribution in [1.82, 2.24) is 10.3 Å². The van der Waals surface area contributed by atoms with Crippen LogP contribution >= 0.6 is 11.8 Å². The third-order valence-electron chi connectivity index (χ3n) is 5.54. The summed E-state index contributed by atoms with van der Waals surface area (Å²) in [5, 5.41) is 12.3. The molecule has 1 unspecified atom stereocenters. The van der Waals surface area contributed by atoms with Gasteiger partial charge in [0, 0.05) is 19.6 Å². The molecule has 1 aliphatic rings. The first-order valence-electron chi connectivity index (χ1n) is 11.1. The van der Waals surface area contributed by atoms with Gasteiger partial charge in [0.1, 0.15) is 22.2 Å². The van der Waals surface area contributed by atoms with Crippen molar-refractivity contribution in [2.24, 2.45) is 11.5 Å². The van der Waals surface area contributed by atoms with Gasteiger partial charge >= 0.3 is 0 Å². The molecule has 3 rings (SSSR count). The van der Waals surface area contributed by atoms with Gasteiger partial charge in [0.05, 0.1) is 31.4 Å². The van der Waals surface area contributed by atoms with E-state index >= 15 is 0 Å². The topological polar surface area (TPSA) is 152 Å². The third-order valence-corrected chi connectivity index (χ3v) is 6.80. The molecule has 0 radical (unpaired) electrons. The highest BCUT2D eigenvalue weighted by Gasteiger charge is 2.29. The Morgan fingerprint density at radius 2 is 2.17 bits per heavy atom. The van der Waals surface area contributed by atoms with Crippen LogP contribution in [0.5, 0.6) is 0 Å². The smallest absolute Gasteiger partial charge is 0.235 e. The van der Waals surface area contributed by atoms with Crippen molar-refractivity contribution in [3.05, 3.63) is 58.4 Å². The lowest BCUT2D eigenvalue weighted by molar-refractivity contribution is -0.120. The minimum atomic E-state index is -0.754. The van der Waals surface area contributed by atoms with E-state index in [4.69, 9.17) is 27.8 Å². The number of pyridine rings is 1. The fraction of sp³-hybridized carbons (Fsp3) is 0.375. The molecule has 2 amide bonds. The lowest BCUT2D eigenvalue weighted by Crippen LogP contribution is -2.48. The Kier molecular flexibility index (Phi) is 9.04. The first-order valence-corrected chi connectivity index (χ1v) is 12.0. The minimum Gasteiger partial charge on any atom is -0.373 e. The zero-order chi connectivity index (χ0) is 25.4. The van der Waals surface area contributed by atoms with Crippen LogP contribution < -0.4 is 21.7 Å². The second-order valence-corrected chi connectivity index (χ2v) is 8.87. The lowest BCUT2D eigenvalue weighted by atomic mass is 10.1. The molecule has 5 N–H and O–H groups in total. The van der Waals surface area contributed by atoms with Gasteiger partial charge in [0.25, 0.3) is 0 Å². The summed E-state index contributed by atoms with van der Waals surface area (Å²) in [5.74, 6) is -0.412. The molecular formula is C24H27N7O3S. The van der Waals surface area contributed by atoms with Crippen LogP contribution in [0.2, 0.25) is 0 Å². The number of thioether (sulfide) groups is 1. The maximum Gasteiger partial charge on any atom is 0.235 e. The van der Waals surface area contributed by atoms with E-state index in [1.54, 1.807) is 12.1 Å². The van der Waals surface area contributed by atoms with Crippen molar-refractivity contribution in [1.29, 1.82) is 5.26 Å². The number of ether oxygens (including phenoxy) is 1. The number of benzene rings is 1. The first kappa shape index (κ1) is 26.0. The average Bonchev–Trinajstić information content (AvgIpc) is 2.89. The van der Waals surface area contributed by atoms with Crippen LogP contribution in [0.25, 0.3) is 4.85 Å². The number of rotatable bonds is 9. The highest BCUT2D eigenvalue weighted by atomic mass is 32.2. The fourth-order valence-corrected chi connectivity index (χ4v) is 4.89. The summed E-state index contributed by atoms with van der Waals surface area (Å²) in [6.07, 6.45) is 0.121. The maximum absolute atomic E-state index is 12.3. The maximum atomic E-state index is 12.3. The van der Waals surface area contributed by atoms with Crippen molar-refractivity contribution in [2.75, 3.05) is 37.7 Å². The molecule has 2 aromatic rings. The van der Waals surface area contributed by atoms with Crippen LogP contribution in [0.1, 0.15) is 28.9 Å². The molecule has 11 heteroatoms. The number of nitrogens with two attached hydrogens (primary N) is 2. The van der Waals surface area contributed by atoms with Crippen LogP contribution in [-0.2, 0) is 20.7 Å². The molecule has 1 fully saturated rings. The molecule has 1 aromatic heterocycles. The molecule has 10 nitrogen and oxygen atoms in total. The van der Waals surface area contributed by atoms with Gasteiger partial charge in [-0.25, -0.2) is 9.83 Å². The molecule has 1 aliphatic heterocycles. The number of aromatic nitrogens is 1. The summed E-state index contributed by atoms with van der Waals surface area (Å²) in [6.45, 7) is 11.1. The van der Waals surface area contributed by atoms with Gasteiger partial charge in [-0.3, -0.25) is 9.59 Å². The fourth-order valence-electron chi connectivity index (χ4n) is 3.84. The first-order chi connectivity index (χ1) is 16.9. The van der Waals surface area contributed by atoms with Gasteiger partial charge in [0.2, 0.25) is 17.5 Å². The number of morpholine rings is 1. The monoisotopic (exact) mass is 493 g/mol. The number of hydrogen-bond acceptors (Lipinski definition) is 8. The predicted octanol–water partition coefficient (Wildman–Crippen LogP) is 1.67. The Balaban J connectivity index is 2.02. The normalized spacial score (nSPS) is 16.1. The van der Waals surface area contributed by atoms with Crippen LogP contribution in [-0.4, -0.2) is 55.7 Å². The number of amides is 2. The summed E-state index contributed by atoms with van der Waals surface area (Å²) >= 11 is 1.11. The zero-order valence-electron chi connectivity index (χ0n) is 19.4. The third kappa shape index (κ3) is 6.08. The SMILES string of the molecule is [C-]#[N+]c1c(N2CCO[C@@H](CNC(=O)CN)C2)nc(SC(C(N)=O)c2ccccc2)c(C#N)c1CC. The molecule has 1 saturated heterocycles. The largest absolute Gasteiger partial charge is 0.373 e. The average molecular weight is 494 g/mol. The number of primary amides is 1. The van der Waals surface area contributed by atoms with Crippen molar-refractivity contribution < 1.29 is 14.3 Å². The van der Waals surface area contributed by atoms with Crippen LogP contribution in [0.15, 0.2) is 35.4 Å². The number of carbonyl (C=O) groups excluding carboxylic acids is 2. The van der Waals surface area contributed by atoms with Crippen molar-refractivity contribution >= 4 is 35.1 Å². The zero-order valence-corrected chi connectivity index (χ0v) is 20.2. The van der Waals surface area contributed by atoms with Crippen molar-refractivity contribution in [3.63, 3.8) is 0 Å². The van der Waals surface area contributed by atoms with E-state index in [1.807, 2.05) is 30.0 Å². The lowest BCUT2D eigenvalue weighted by Gasteiger charge is -2.35. The molecule has 182 valence electrons. The van der Waals surface area contributed by atoms with Gasteiger partial charge in [-0.05, 0) is 17.5 Å². The number of nitrogens with one attached hydrogen (secondary N) is 1. The van der Waals surface area contributed by atoms with E-state index in [1.165, 1.54) is 0 Å². The van der Waals surface area contributed by atoms with Gasteiger partial charge in [-0.2, -0.15) is 5.26 Å². The second kappa shape index (κ2) is 12.2. The molecule has 2 atom stereocenters. The van der Waals surface area contributed by atoms with E-state index in [0.717, 1.165) is 11.8 Å². The second-order valence-electron chi connectivity index (χ2n) is 7.78. The molecule has 0 bridgehead atoms. The summed E-state index contributed by atoms with van der Waals surface area (Å²) in [5.41, 5.74) is 12.9. The highest BCUT2D eigenvalue weighted by Crippen LogP contribution is 2.42. The standard InChI is InChI=1S/C24H27N7O3S/c1-3-17-18(11-25)24(35-21(22(27)33)15-7-5-4-6-8-15)30-23(20(17)28-2)31-9-10-34-16(14-31)13-29-19(32)12-26/h4-8,16,21H,3,9-10,12-14,26H2,1H3,(H2,27,33)(H,29,32)/t16-,21?/m0/s1. The summed E-state index contributed by atoms with van der Waals surface area (Å²) in [6, 6.07) is 11.2. The summed E-state index contributed by atoms with van der Waals surface area (Å²) in [4.78, 5) is 34.2. The van der Waals surface area contributed by atoms with E-state index in [-0.39, 0.29) is 30.7 Å². The Morgan fingerprint density at radius 3 is 2.77 bits per heavy atom. The number of nitrogens with zero attached hydrogens (tertiary/aromatic N) is 4. The molecule has 2 heterocycles. The number of anilines is 1. The van der Waals surface area contributed by atoms with E-state index < -0.39 is 11.2 Å². The van der Waals surface area contributed by atoms with Gasteiger partial charge < -0.3 is 26.4 Å². The van der Waals surface area contributed by atoms with Crippen molar-refractivity contribution in [2.45, 2.75) is 29.7 Å². The van der Waals surface area contributed by atoms with Crippen molar-refractivity contribution in [3.8, 4) is 6.07 Å². The quantitative estimate of drug-likeness (QED) is 0.352. The number of hydrogen-bond donors (Lipinski definition) is 3. The summed E-state index contributed by atoms with van der Waals surface area (Å²) in [7, 11) is 0. The van der Waals surface area contributed by atoms with Crippen LogP contribution in [0.3, 0.4) is 0 Å². The molecule has 1 aromatic carbocycles. The molecule has 35 heavy (non-hydrogen) atoms. The predicted molar refractivity (Wildman–Crippen MR) is 133 cm³/mol. The Bertz CT molecular complexity index is 1160. The van der Waals surface area contributed by atoms with E-state index in [9.17, 15) is 14.9 Å². The highest BCUT2D eigenvalue weighted by molar-refractivity contribution is 8.00. The molecule has 0 spiro atoms. The van der Waals surface area contributed by atoms with Gasteiger partial charge in [-0.15, -0.1) is 0 Å². The Morgan fingerprint density at radius 1 is 1.43 bits per heavy atom. The molecule has 0 saturated carbocycles. The van der Waals surface area contributed by atoms with Crippen LogP contribution in [0.4, 0.5) is 11.5 Å². The summed E-state index contributed by atoms with van der Waals surface area (Å²) < 4.78 is 5.76. The van der Waals surface area contributed by atoms with Crippen LogP contribution in [0, 0.1) is 17.9 Å². The van der Waals surface area contributed by atoms with E-state index in [0.29, 0.717) is 53.8 Å². The Hall–Kier alpha value is -3.64. The van der Waals surface area contributed by atoms with Gasteiger partial charge in [0.15, 0.2) is 0 Å². The molecular weight excluding hydrogens is 466 g/mol. The minimum absolute atomic E-state index is 0.113. The Labute approximate surface area is 208 Å². The van der Waals surface area contributed by atoms with Gasteiger partial charge in [-0.1, -0.05) is 49.0 Å².